The van der Waals surface area contributed by atoms with Gasteiger partial charge in [0, 0.05) is 18.1 Å². The summed E-state index contributed by atoms with van der Waals surface area (Å²) in [6, 6.07) is 18.9. The van der Waals surface area contributed by atoms with Crippen molar-refractivity contribution in [1.29, 1.82) is 0 Å². The van der Waals surface area contributed by atoms with Gasteiger partial charge in [-0.1, -0.05) is 29.8 Å². The fraction of sp³-hybridized carbons (Fsp3) is 0.321. The van der Waals surface area contributed by atoms with Crippen LogP contribution in [0.2, 0.25) is 0 Å². The Labute approximate surface area is 213 Å². The summed E-state index contributed by atoms with van der Waals surface area (Å²) in [6.07, 6.45) is 0.535. The number of nitrogens with zero attached hydrogens (tertiary/aromatic N) is 1. The Kier molecular flexibility index (Phi) is 7.00. The number of sulfonamides is 1. The number of amides is 1. The number of methoxy groups -OCH3 is 1. The lowest BCUT2D eigenvalue weighted by molar-refractivity contribution is -0.120. The molecule has 1 aliphatic rings. The van der Waals surface area contributed by atoms with E-state index in [2.05, 4.69) is 5.32 Å². The minimum absolute atomic E-state index is 0.132. The molecule has 4 rings (SSSR count). The highest BCUT2D eigenvalue weighted by Gasteiger charge is 2.36. The molecular weight excluding hydrogens is 476 g/mol. The number of rotatable bonds is 7. The number of aryl methyl sites for hydroxylation is 2. The van der Waals surface area contributed by atoms with E-state index in [4.69, 9.17) is 9.47 Å². The van der Waals surface area contributed by atoms with Crippen LogP contribution in [0.15, 0.2) is 71.6 Å². The molecule has 0 aliphatic carbocycles. The molecule has 0 aromatic heterocycles. The van der Waals surface area contributed by atoms with Gasteiger partial charge in [-0.2, -0.15) is 0 Å². The Morgan fingerprint density at radius 3 is 2.44 bits per heavy atom. The molecule has 0 saturated heterocycles. The van der Waals surface area contributed by atoms with Gasteiger partial charge in [-0.05, 0) is 69.7 Å². The molecule has 1 aliphatic heterocycles. The van der Waals surface area contributed by atoms with Crippen molar-refractivity contribution in [3.05, 3.63) is 83.4 Å². The summed E-state index contributed by atoms with van der Waals surface area (Å²) < 4.78 is 39.9. The van der Waals surface area contributed by atoms with Gasteiger partial charge < -0.3 is 14.8 Å². The van der Waals surface area contributed by atoms with Crippen molar-refractivity contribution in [3.8, 4) is 11.5 Å². The zero-order valence-electron chi connectivity index (χ0n) is 21.2. The summed E-state index contributed by atoms with van der Waals surface area (Å²) in [4.78, 5) is 13.5. The molecule has 8 heteroatoms. The van der Waals surface area contributed by atoms with Crippen molar-refractivity contribution in [2.24, 2.45) is 0 Å². The molecule has 3 aromatic rings. The van der Waals surface area contributed by atoms with Crippen LogP contribution in [-0.2, 0) is 14.8 Å². The lowest BCUT2D eigenvalue weighted by atomic mass is 9.89. The fourth-order valence-corrected chi connectivity index (χ4v) is 5.81. The number of benzene rings is 3. The molecule has 1 amide bonds. The van der Waals surface area contributed by atoms with Gasteiger partial charge in [0.1, 0.15) is 23.6 Å². The number of hydrogen-bond acceptors (Lipinski definition) is 5. The van der Waals surface area contributed by atoms with E-state index >= 15 is 0 Å². The largest absolute Gasteiger partial charge is 0.497 e. The Morgan fingerprint density at radius 2 is 1.78 bits per heavy atom. The van der Waals surface area contributed by atoms with E-state index in [0.29, 0.717) is 23.6 Å². The van der Waals surface area contributed by atoms with Crippen LogP contribution in [0.3, 0.4) is 0 Å². The average molecular weight is 509 g/mol. The highest BCUT2D eigenvalue weighted by Crippen LogP contribution is 2.41. The third-order valence-corrected chi connectivity index (χ3v) is 7.99. The van der Waals surface area contributed by atoms with Crippen molar-refractivity contribution < 1.29 is 22.7 Å². The van der Waals surface area contributed by atoms with Gasteiger partial charge in [-0.15, -0.1) is 0 Å². The van der Waals surface area contributed by atoms with Gasteiger partial charge in [-0.3, -0.25) is 9.10 Å². The van der Waals surface area contributed by atoms with Crippen LogP contribution in [0.5, 0.6) is 11.5 Å². The Bertz CT molecular complexity index is 1370. The first kappa shape index (κ1) is 25.6. The van der Waals surface area contributed by atoms with Crippen molar-refractivity contribution in [3.63, 3.8) is 0 Å². The molecule has 1 unspecified atom stereocenters. The first-order chi connectivity index (χ1) is 17.0. The van der Waals surface area contributed by atoms with Gasteiger partial charge in [0.25, 0.3) is 10.0 Å². The van der Waals surface area contributed by atoms with E-state index in [1.165, 1.54) is 4.31 Å². The summed E-state index contributed by atoms with van der Waals surface area (Å²) in [6.45, 7) is 7.33. The Morgan fingerprint density at radius 1 is 1.06 bits per heavy atom. The predicted octanol–water partition coefficient (Wildman–Crippen LogP) is 4.93. The van der Waals surface area contributed by atoms with Gasteiger partial charge in [0.05, 0.1) is 23.7 Å². The summed E-state index contributed by atoms with van der Waals surface area (Å²) in [5.41, 5.74) is 2.58. The Balaban J connectivity index is 1.65. The SMILES string of the molecule is COc1ccc2c(c1)OC(C)(C)CC2NC(=O)CN(c1cccc(C)c1)S(=O)(=O)c1ccc(C)cc1. The first-order valence-corrected chi connectivity index (χ1v) is 13.2. The maximum Gasteiger partial charge on any atom is 0.264 e. The van der Waals surface area contributed by atoms with Crippen molar-refractivity contribution in [2.75, 3.05) is 18.0 Å². The topological polar surface area (TPSA) is 84.9 Å². The van der Waals surface area contributed by atoms with E-state index in [1.807, 2.05) is 45.9 Å². The smallest absolute Gasteiger partial charge is 0.264 e. The van der Waals surface area contributed by atoms with Gasteiger partial charge in [0.2, 0.25) is 5.91 Å². The van der Waals surface area contributed by atoms with Crippen LogP contribution in [0.1, 0.15) is 43.0 Å². The second-order valence-corrected chi connectivity index (χ2v) is 11.6. The summed E-state index contributed by atoms with van der Waals surface area (Å²) in [7, 11) is -2.40. The van der Waals surface area contributed by atoms with E-state index in [0.717, 1.165) is 16.7 Å². The third kappa shape index (κ3) is 5.49. The minimum Gasteiger partial charge on any atom is -0.497 e. The van der Waals surface area contributed by atoms with Crippen LogP contribution in [0.4, 0.5) is 5.69 Å². The lowest BCUT2D eigenvalue weighted by Gasteiger charge is -2.38. The van der Waals surface area contributed by atoms with Gasteiger partial charge in [-0.25, -0.2) is 8.42 Å². The number of fused-ring (bicyclic) bond motifs is 1. The number of hydrogen-bond donors (Lipinski definition) is 1. The number of ether oxygens (including phenoxy) is 2. The molecule has 0 spiro atoms. The van der Waals surface area contributed by atoms with Crippen molar-refractivity contribution >= 4 is 21.6 Å². The van der Waals surface area contributed by atoms with Crippen LogP contribution < -0.4 is 19.1 Å². The molecule has 0 radical (unpaired) electrons. The van der Waals surface area contributed by atoms with Crippen LogP contribution in [0, 0.1) is 13.8 Å². The number of carbonyl (C=O) groups is 1. The van der Waals surface area contributed by atoms with Gasteiger partial charge in [0.15, 0.2) is 0 Å². The molecule has 190 valence electrons. The quantitative estimate of drug-likeness (QED) is 0.489. The second kappa shape index (κ2) is 9.85. The van der Waals surface area contributed by atoms with Crippen LogP contribution >= 0.6 is 0 Å². The molecule has 0 bridgehead atoms. The molecule has 1 atom stereocenters. The minimum atomic E-state index is -3.98. The Hall–Kier alpha value is -3.52. The molecule has 0 fully saturated rings. The zero-order chi connectivity index (χ0) is 26.1. The second-order valence-electron chi connectivity index (χ2n) is 9.75. The van der Waals surface area contributed by atoms with Crippen molar-refractivity contribution in [2.45, 2.75) is 50.7 Å². The molecule has 7 nitrogen and oxygen atoms in total. The molecule has 1 N–H and O–H groups in total. The van der Waals surface area contributed by atoms with E-state index < -0.39 is 21.5 Å². The fourth-order valence-electron chi connectivity index (χ4n) is 4.39. The van der Waals surface area contributed by atoms with Gasteiger partial charge >= 0.3 is 0 Å². The highest BCUT2D eigenvalue weighted by atomic mass is 32.2. The van der Waals surface area contributed by atoms with E-state index in [-0.39, 0.29) is 17.5 Å². The predicted molar refractivity (Wildman–Crippen MR) is 140 cm³/mol. The summed E-state index contributed by atoms with van der Waals surface area (Å²) >= 11 is 0. The average Bonchev–Trinajstić information content (AvgIpc) is 2.81. The number of carbonyl (C=O) groups excluding carboxylic acids is 1. The summed E-state index contributed by atoms with van der Waals surface area (Å²) in [5.74, 6) is 0.890. The van der Waals surface area contributed by atoms with E-state index in [9.17, 15) is 13.2 Å². The maximum absolute atomic E-state index is 13.7. The monoisotopic (exact) mass is 508 g/mol. The molecule has 36 heavy (non-hydrogen) atoms. The highest BCUT2D eigenvalue weighted by molar-refractivity contribution is 7.92. The standard InChI is InChI=1S/C28H32N2O5S/c1-19-9-12-23(13-10-19)36(32,33)30(21-8-6-7-20(2)15-21)18-27(31)29-25-17-28(3,4)35-26-16-22(34-5)11-14-24(25)26/h6-16,25H,17-18H2,1-5H3,(H,29,31). The number of anilines is 1. The summed E-state index contributed by atoms with van der Waals surface area (Å²) in [5, 5.41) is 3.05. The molecule has 3 aromatic carbocycles. The van der Waals surface area contributed by atoms with Crippen LogP contribution in [-0.4, -0.2) is 33.6 Å². The third-order valence-electron chi connectivity index (χ3n) is 6.20. The zero-order valence-corrected chi connectivity index (χ0v) is 22.1. The molecule has 1 heterocycles. The van der Waals surface area contributed by atoms with Crippen LogP contribution in [0.25, 0.3) is 0 Å². The first-order valence-electron chi connectivity index (χ1n) is 11.8. The van der Waals surface area contributed by atoms with E-state index in [1.54, 1.807) is 55.6 Å². The number of nitrogens with one attached hydrogen (secondary N) is 1. The normalized spacial score (nSPS) is 16.4. The molecule has 0 saturated carbocycles. The lowest BCUT2D eigenvalue weighted by Crippen LogP contribution is -2.45. The molecular formula is C28H32N2O5S. The maximum atomic E-state index is 13.7. The van der Waals surface area contributed by atoms with Crippen molar-refractivity contribution in [1.82, 2.24) is 5.32 Å².